The molecule has 5 heavy (non-hydrogen) atoms. The van der Waals surface area contributed by atoms with Gasteiger partial charge in [-0.25, -0.2) is 0 Å². The van der Waals surface area contributed by atoms with E-state index < -0.39 is 0 Å². The molecule has 0 spiro atoms. The van der Waals surface area contributed by atoms with Gasteiger partial charge in [-0.1, -0.05) is 0 Å². The molecule has 0 aromatic rings. The van der Waals surface area contributed by atoms with Crippen molar-refractivity contribution >= 4 is 25.3 Å². The number of hydrogen-bond acceptors (Lipinski definition) is 2. The van der Waals surface area contributed by atoms with Gasteiger partial charge in [0, 0.05) is 0 Å². The van der Waals surface area contributed by atoms with Crippen molar-refractivity contribution in [1.82, 2.24) is 0 Å². The van der Waals surface area contributed by atoms with E-state index in [4.69, 9.17) is 0 Å². The summed E-state index contributed by atoms with van der Waals surface area (Å²) in [6, 6.07) is 0. The van der Waals surface area contributed by atoms with Crippen LogP contribution in [0.4, 0.5) is 0 Å². The van der Waals surface area contributed by atoms with Gasteiger partial charge in [-0.05, 0) is 10.8 Å². The van der Waals surface area contributed by atoms with Crippen molar-refractivity contribution < 1.29 is 31.0 Å². The summed E-state index contributed by atoms with van der Waals surface area (Å²) in [6.45, 7) is 0. The molecule has 0 aromatic carbocycles. The molecule has 0 radical (unpaired) electrons. The zero-order valence-corrected chi connectivity index (χ0v) is 6.84. The minimum absolute atomic E-state index is 0. The molecular formula is C2H5NaS2. The summed E-state index contributed by atoms with van der Waals surface area (Å²) < 4.78 is 0. The van der Waals surface area contributed by atoms with Gasteiger partial charge in [-0.2, -0.15) is 25.3 Å². The Morgan fingerprint density at radius 2 is 1.40 bits per heavy atom. The van der Waals surface area contributed by atoms with Crippen LogP contribution in [-0.4, -0.2) is 0 Å². The third-order valence-electron chi connectivity index (χ3n) is 0.0667. The summed E-state index contributed by atoms with van der Waals surface area (Å²) in [5, 5.41) is 3.12. The first-order valence-electron chi connectivity index (χ1n) is 0.850. The van der Waals surface area contributed by atoms with Crippen LogP contribution in [0.25, 0.3) is 0 Å². The van der Waals surface area contributed by atoms with Crippen LogP contribution in [-0.2, 0) is 0 Å². The SMILES string of the molecule is SC=CS.[H-].[Na+]. The molecule has 0 saturated heterocycles. The summed E-state index contributed by atoms with van der Waals surface area (Å²) >= 11 is 7.33. The van der Waals surface area contributed by atoms with Gasteiger partial charge < -0.3 is 1.43 Å². The van der Waals surface area contributed by atoms with E-state index in [1.54, 1.807) is 10.8 Å². The van der Waals surface area contributed by atoms with E-state index in [1.165, 1.54) is 0 Å². The van der Waals surface area contributed by atoms with Crippen LogP contribution in [0.5, 0.6) is 0 Å². The maximum atomic E-state index is 3.66. The Kier molecular flexibility index (Phi) is 17.5. The molecule has 0 bridgehead atoms. The van der Waals surface area contributed by atoms with Crippen molar-refractivity contribution in [3.63, 3.8) is 0 Å². The van der Waals surface area contributed by atoms with Gasteiger partial charge in [-0.15, -0.1) is 0 Å². The Balaban J connectivity index is -0.0000000450. The molecule has 26 valence electrons. The molecule has 0 saturated carbocycles. The monoisotopic (exact) mass is 116 g/mol. The van der Waals surface area contributed by atoms with E-state index in [1.807, 2.05) is 0 Å². The normalized spacial score (nSPS) is 7.60. The summed E-state index contributed by atoms with van der Waals surface area (Å²) in [5.74, 6) is 0. The van der Waals surface area contributed by atoms with Crippen molar-refractivity contribution in [1.29, 1.82) is 0 Å². The van der Waals surface area contributed by atoms with Crippen LogP contribution < -0.4 is 29.6 Å². The van der Waals surface area contributed by atoms with Crippen molar-refractivity contribution in [2.75, 3.05) is 0 Å². The molecule has 0 nitrogen and oxygen atoms in total. The summed E-state index contributed by atoms with van der Waals surface area (Å²) in [7, 11) is 0. The summed E-state index contributed by atoms with van der Waals surface area (Å²) in [4.78, 5) is 0. The quantitative estimate of drug-likeness (QED) is 0.277. The fraction of sp³-hybridized carbons (Fsp3) is 0. The number of thiol groups is 2. The van der Waals surface area contributed by atoms with Crippen LogP contribution in [0.3, 0.4) is 0 Å². The smallest absolute Gasteiger partial charge is 1.00 e. The minimum Gasteiger partial charge on any atom is -1.00 e. The average Bonchev–Trinajstić information content (AvgIpc) is 1.37. The van der Waals surface area contributed by atoms with Gasteiger partial charge in [0.15, 0.2) is 0 Å². The average molecular weight is 116 g/mol. The van der Waals surface area contributed by atoms with Crippen molar-refractivity contribution in [3.05, 3.63) is 10.8 Å². The second kappa shape index (κ2) is 9.06. The Morgan fingerprint density at radius 1 is 1.20 bits per heavy atom. The Bertz CT molecular complexity index is 26.7. The van der Waals surface area contributed by atoms with Crippen LogP contribution >= 0.6 is 25.3 Å². The summed E-state index contributed by atoms with van der Waals surface area (Å²) in [5.41, 5.74) is 0. The first kappa shape index (κ1) is 9.67. The van der Waals surface area contributed by atoms with E-state index in [9.17, 15) is 0 Å². The van der Waals surface area contributed by atoms with Crippen LogP contribution in [0.1, 0.15) is 1.43 Å². The van der Waals surface area contributed by atoms with Crippen LogP contribution in [0.2, 0.25) is 0 Å². The molecular weight excluding hydrogens is 111 g/mol. The molecule has 0 aliphatic carbocycles. The van der Waals surface area contributed by atoms with E-state index in [2.05, 4.69) is 25.3 Å². The maximum Gasteiger partial charge on any atom is 1.00 e. The first-order chi connectivity index (χ1) is 1.91. The van der Waals surface area contributed by atoms with Gasteiger partial charge in [0.1, 0.15) is 0 Å². The Labute approximate surface area is 66.6 Å². The van der Waals surface area contributed by atoms with E-state index in [0.29, 0.717) is 0 Å². The number of rotatable bonds is 0. The van der Waals surface area contributed by atoms with Gasteiger partial charge in [0.2, 0.25) is 0 Å². The molecule has 3 heteroatoms. The largest absolute Gasteiger partial charge is 1.00 e. The van der Waals surface area contributed by atoms with Gasteiger partial charge in [-0.3, -0.25) is 0 Å². The van der Waals surface area contributed by atoms with Crippen LogP contribution in [0, 0.1) is 0 Å². The third kappa shape index (κ3) is 10.8. The van der Waals surface area contributed by atoms with Gasteiger partial charge in [0.05, 0.1) is 0 Å². The zero-order valence-electron chi connectivity index (χ0n) is 4.05. The Hall–Kier alpha value is 1.44. The molecule has 0 heterocycles. The molecule has 0 fully saturated rings. The zero-order chi connectivity index (χ0) is 3.41. The Morgan fingerprint density at radius 3 is 1.40 bits per heavy atom. The minimum atomic E-state index is 0. The second-order valence-electron chi connectivity index (χ2n) is 0.298. The van der Waals surface area contributed by atoms with Gasteiger partial charge >= 0.3 is 29.6 Å². The molecule has 0 amide bonds. The molecule has 0 aliphatic heterocycles. The predicted octanol–water partition coefficient (Wildman–Crippen LogP) is -1.57. The summed E-state index contributed by atoms with van der Waals surface area (Å²) in [6.07, 6.45) is 0. The third-order valence-corrected chi connectivity index (χ3v) is 0.600. The molecule has 0 aromatic heterocycles. The molecule has 0 unspecified atom stereocenters. The maximum absolute atomic E-state index is 3.66. The first-order valence-corrected chi connectivity index (χ1v) is 1.88. The van der Waals surface area contributed by atoms with E-state index >= 15 is 0 Å². The standard InChI is InChI=1S/C2H4S2.Na.H/c3-1-2-4;;/h1-4H;;/q;+1;-1. The van der Waals surface area contributed by atoms with E-state index in [0.717, 1.165) is 0 Å². The molecule has 0 N–H and O–H groups in total. The molecule has 0 rings (SSSR count). The predicted molar refractivity (Wildman–Crippen MR) is 28.2 cm³/mol. The van der Waals surface area contributed by atoms with E-state index in [-0.39, 0.29) is 31.0 Å². The van der Waals surface area contributed by atoms with Crippen molar-refractivity contribution in [2.24, 2.45) is 0 Å². The fourth-order valence-electron chi connectivity index (χ4n) is 0. The fourth-order valence-corrected chi connectivity index (χ4v) is 0. The molecule has 0 aliphatic rings. The topological polar surface area (TPSA) is 0 Å². The second-order valence-corrected chi connectivity index (χ2v) is 0.894. The van der Waals surface area contributed by atoms with Gasteiger partial charge in [0.25, 0.3) is 0 Å². The van der Waals surface area contributed by atoms with Crippen molar-refractivity contribution in [2.45, 2.75) is 0 Å². The van der Waals surface area contributed by atoms with Crippen LogP contribution in [0.15, 0.2) is 10.8 Å². The van der Waals surface area contributed by atoms with Crippen molar-refractivity contribution in [3.8, 4) is 0 Å². The molecule has 0 atom stereocenters. The number of hydrogen-bond donors (Lipinski definition) is 2.